The molecule has 88 valence electrons. The van der Waals surface area contributed by atoms with Crippen molar-refractivity contribution in [1.82, 2.24) is 0 Å². The molecule has 4 nitrogen and oxygen atoms in total. The number of hydrogen-bond donors (Lipinski definition) is 2. The quantitative estimate of drug-likeness (QED) is 0.796. The lowest BCUT2D eigenvalue weighted by molar-refractivity contribution is -0.118. The number of aryl methyl sites for hydroxylation is 1. The maximum absolute atomic E-state index is 10.8. The lowest BCUT2D eigenvalue weighted by Crippen LogP contribution is -2.24. The van der Waals surface area contributed by atoms with E-state index in [9.17, 15) is 4.79 Å². The van der Waals surface area contributed by atoms with Crippen molar-refractivity contribution in [2.24, 2.45) is 5.73 Å². The molecule has 0 aromatic heterocycles. The maximum Gasteiger partial charge on any atom is 0.219 e. The average molecular weight is 222 g/mol. The van der Waals surface area contributed by atoms with Gasteiger partial charge in [-0.15, -0.1) is 0 Å². The van der Waals surface area contributed by atoms with Crippen LogP contribution in [0.5, 0.6) is 5.75 Å². The molecule has 16 heavy (non-hydrogen) atoms. The van der Waals surface area contributed by atoms with Gasteiger partial charge < -0.3 is 15.8 Å². The van der Waals surface area contributed by atoms with Crippen molar-refractivity contribution in [2.45, 2.75) is 26.3 Å². The normalized spacial score (nSPS) is 11.9. The van der Waals surface area contributed by atoms with Crippen LogP contribution in [0.4, 0.5) is 5.69 Å². The largest absolute Gasteiger partial charge is 0.497 e. The number of benzene rings is 1. The van der Waals surface area contributed by atoms with Crippen LogP contribution in [-0.2, 0) is 4.79 Å². The number of methoxy groups -OCH3 is 1. The number of nitrogens with one attached hydrogen (secondary N) is 1. The average Bonchev–Trinajstić information content (AvgIpc) is 2.20. The number of primary amides is 1. The van der Waals surface area contributed by atoms with Gasteiger partial charge in [0.05, 0.1) is 7.11 Å². The second-order valence-electron chi connectivity index (χ2n) is 3.90. The Morgan fingerprint density at radius 2 is 2.25 bits per heavy atom. The number of hydrogen-bond acceptors (Lipinski definition) is 3. The third kappa shape index (κ3) is 3.46. The first-order valence-electron chi connectivity index (χ1n) is 5.22. The number of carbonyl (C=O) groups is 1. The molecule has 0 heterocycles. The molecule has 0 saturated heterocycles. The molecule has 0 radical (unpaired) electrons. The highest BCUT2D eigenvalue weighted by Crippen LogP contribution is 2.22. The van der Waals surface area contributed by atoms with E-state index in [1.54, 1.807) is 7.11 Å². The van der Waals surface area contributed by atoms with Gasteiger partial charge in [-0.05, 0) is 25.5 Å². The Hall–Kier alpha value is -1.71. The van der Waals surface area contributed by atoms with Gasteiger partial charge >= 0.3 is 0 Å². The highest BCUT2D eigenvalue weighted by Gasteiger charge is 2.08. The van der Waals surface area contributed by atoms with Gasteiger partial charge in [-0.3, -0.25) is 4.79 Å². The van der Waals surface area contributed by atoms with E-state index in [1.807, 2.05) is 32.0 Å². The number of nitrogens with two attached hydrogens (primary N) is 1. The monoisotopic (exact) mass is 222 g/mol. The fraction of sp³-hybridized carbons (Fsp3) is 0.417. The third-order valence-electron chi connectivity index (χ3n) is 2.35. The topological polar surface area (TPSA) is 64.3 Å². The predicted molar refractivity (Wildman–Crippen MR) is 64.6 cm³/mol. The summed E-state index contributed by atoms with van der Waals surface area (Å²) in [5.74, 6) is 0.486. The molecule has 0 aliphatic rings. The van der Waals surface area contributed by atoms with E-state index in [-0.39, 0.29) is 11.9 Å². The zero-order valence-corrected chi connectivity index (χ0v) is 9.91. The second kappa shape index (κ2) is 5.39. The Kier molecular flexibility index (Phi) is 4.17. The molecule has 0 spiro atoms. The molecule has 1 aromatic carbocycles. The van der Waals surface area contributed by atoms with Crippen molar-refractivity contribution < 1.29 is 9.53 Å². The second-order valence-corrected chi connectivity index (χ2v) is 3.90. The Balaban J connectivity index is 2.75. The van der Waals surface area contributed by atoms with E-state index in [1.165, 1.54) is 0 Å². The van der Waals surface area contributed by atoms with Crippen LogP contribution in [0.1, 0.15) is 18.9 Å². The summed E-state index contributed by atoms with van der Waals surface area (Å²) in [4.78, 5) is 10.8. The summed E-state index contributed by atoms with van der Waals surface area (Å²) in [7, 11) is 1.63. The van der Waals surface area contributed by atoms with Crippen LogP contribution in [0.15, 0.2) is 18.2 Å². The van der Waals surface area contributed by atoms with E-state index in [0.717, 1.165) is 17.0 Å². The van der Waals surface area contributed by atoms with Crippen LogP contribution >= 0.6 is 0 Å². The van der Waals surface area contributed by atoms with Gasteiger partial charge in [0.15, 0.2) is 0 Å². The number of ether oxygens (including phenoxy) is 1. The molecule has 4 heteroatoms. The van der Waals surface area contributed by atoms with E-state index in [4.69, 9.17) is 10.5 Å². The fourth-order valence-corrected chi connectivity index (χ4v) is 1.50. The molecular formula is C12H18N2O2. The van der Waals surface area contributed by atoms with Crippen molar-refractivity contribution in [1.29, 1.82) is 0 Å². The number of amides is 1. The molecule has 1 rings (SSSR count). The molecule has 1 aromatic rings. The lowest BCUT2D eigenvalue weighted by atomic mass is 10.1. The van der Waals surface area contributed by atoms with Crippen molar-refractivity contribution in [3.05, 3.63) is 23.8 Å². The summed E-state index contributed by atoms with van der Waals surface area (Å²) in [6, 6.07) is 5.80. The predicted octanol–water partition coefficient (Wildman–Crippen LogP) is 1.68. The van der Waals surface area contributed by atoms with Crippen LogP contribution < -0.4 is 15.8 Å². The highest BCUT2D eigenvalue weighted by molar-refractivity contribution is 5.75. The number of carbonyl (C=O) groups excluding carboxylic acids is 1. The third-order valence-corrected chi connectivity index (χ3v) is 2.35. The number of anilines is 1. The summed E-state index contributed by atoms with van der Waals surface area (Å²) >= 11 is 0. The van der Waals surface area contributed by atoms with Gasteiger partial charge in [-0.25, -0.2) is 0 Å². The first kappa shape index (κ1) is 12.4. The minimum Gasteiger partial charge on any atom is -0.497 e. The molecule has 1 unspecified atom stereocenters. The van der Waals surface area contributed by atoms with Crippen molar-refractivity contribution >= 4 is 11.6 Å². The fourth-order valence-electron chi connectivity index (χ4n) is 1.50. The summed E-state index contributed by atoms with van der Waals surface area (Å²) in [5, 5.41) is 3.24. The molecule has 1 amide bonds. The summed E-state index contributed by atoms with van der Waals surface area (Å²) in [6.07, 6.45) is 0.316. The SMILES string of the molecule is COc1ccc(C)c(NC(C)CC(N)=O)c1. The molecule has 1 atom stereocenters. The van der Waals surface area contributed by atoms with E-state index in [0.29, 0.717) is 6.42 Å². The van der Waals surface area contributed by atoms with Crippen LogP contribution in [0, 0.1) is 6.92 Å². The number of rotatable bonds is 5. The molecule has 0 fully saturated rings. The van der Waals surface area contributed by atoms with Gasteiger partial charge in [0.2, 0.25) is 5.91 Å². The first-order chi connectivity index (χ1) is 7.52. The minimum atomic E-state index is -0.305. The minimum absolute atomic E-state index is 0.0170. The van der Waals surface area contributed by atoms with E-state index in [2.05, 4.69) is 5.32 Å². The van der Waals surface area contributed by atoms with Gasteiger partial charge in [0.1, 0.15) is 5.75 Å². The van der Waals surface area contributed by atoms with Gasteiger partial charge in [0, 0.05) is 24.2 Å². The zero-order valence-electron chi connectivity index (χ0n) is 9.91. The lowest BCUT2D eigenvalue weighted by Gasteiger charge is -2.16. The Bertz CT molecular complexity index is 377. The molecular weight excluding hydrogens is 204 g/mol. The van der Waals surface area contributed by atoms with Gasteiger partial charge in [-0.2, -0.15) is 0 Å². The van der Waals surface area contributed by atoms with Crippen LogP contribution in [0.2, 0.25) is 0 Å². The van der Waals surface area contributed by atoms with Crippen LogP contribution in [0.3, 0.4) is 0 Å². The molecule has 0 aliphatic carbocycles. The standard InChI is InChI=1S/C12H18N2O2/c1-8-4-5-10(16-3)7-11(8)14-9(2)6-12(13)15/h4-5,7,9,14H,6H2,1-3H3,(H2,13,15). The summed E-state index contributed by atoms with van der Waals surface area (Å²) < 4.78 is 5.14. The van der Waals surface area contributed by atoms with Crippen LogP contribution in [-0.4, -0.2) is 19.1 Å². The molecule has 0 saturated carbocycles. The summed E-state index contributed by atoms with van der Waals surface area (Å²) in [5.41, 5.74) is 7.21. The molecule has 3 N–H and O–H groups in total. The van der Waals surface area contributed by atoms with E-state index >= 15 is 0 Å². The zero-order chi connectivity index (χ0) is 12.1. The van der Waals surface area contributed by atoms with E-state index < -0.39 is 0 Å². The maximum atomic E-state index is 10.8. The summed E-state index contributed by atoms with van der Waals surface area (Å²) in [6.45, 7) is 3.92. The van der Waals surface area contributed by atoms with Crippen LogP contribution in [0.25, 0.3) is 0 Å². The Morgan fingerprint density at radius 1 is 1.56 bits per heavy atom. The van der Waals surface area contributed by atoms with Crippen molar-refractivity contribution in [2.75, 3.05) is 12.4 Å². The van der Waals surface area contributed by atoms with Crippen molar-refractivity contribution in [3.8, 4) is 5.75 Å². The van der Waals surface area contributed by atoms with Gasteiger partial charge in [-0.1, -0.05) is 6.07 Å². The smallest absolute Gasteiger partial charge is 0.219 e. The van der Waals surface area contributed by atoms with Gasteiger partial charge in [0.25, 0.3) is 0 Å². The first-order valence-corrected chi connectivity index (χ1v) is 5.22. The Morgan fingerprint density at radius 3 is 2.81 bits per heavy atom. The molecule has 0 bridgehead atoms. The highest BCUT2D eigenvalue weighted by atomic mass is 16.5. The Labute approximate surface area is 95.8 Å². The van der Waals surface area contributed by atoms with Crippen molar-refractivity contribution in [3.63, 3.8) is 0 Å². The molecule has 0 aliphatic heterocycles.